The predicted octanol–water partition coefficient (Wildman–Crippen LogP) is 2.73. The van der Waals surface area contributed by atoms with E-state index in [2.05, 4.69) is 5.32 Å². The van der Waals surface area contributed by atoms with E-state index in [1.165, 1.54) is 7.11 Å². The van der Waals surface area contributed by atoms with Crippen LogP contribution in [0.25, 0.3) is 0 Å². The molecule has 0 saturated carbocycles. The van der Waals surface area contributed by atoms with Crippen LogP contribution in [0.5, 0.6) is 5.75 Å². The number of ether oxygens (including phenoxy) is 2. The van der Waals surface area contributed by atoms with E-state index in [0.717, 1.165) is 12.0 Å². The maximum absolute atomic E-state index is 12.0. The number of rotatable bonds is 7. The minimum absolute atomic E-state index is 0.0198. The molecule has 22 heavy (non-hydrogen) atoms. The fraction of sp³-hybridized carbons (Fsp3) is 0.500. The van der Waals surface area contributed by atoms with Crippen molar-refractivity contribution in [2.75, 3.05) is 13.7 Å². The molecule has 1 aromatic rings. The van der Waals surface area contributed by atoms with Crippen molar-refractivity contribution in [3.63, 3.8) is 0 Å². The molecule has 0 bridgehead atoms. The SMILES string of the molecule is CC[C@H](C)[C@@H](NC(=O)COc1ccc(Cl)cc1C)C(=O)OC. The Bertz CT molecular complexity index is 533. The van der Waals surface area contributed by atoms with E-state index in [1.807, 2.05) is 20.8 Å². The number of aryl methyl sites for hydroxylation is 1. The first-order valence-corrected chi connectivity index (χ1v) is 7.53. The number of hydrogen-bond donors (Lipinski definition) is 1. The standard InChI is InChI=1S/C16H22ClNO4/c1-5-10(2)15(16(20)21-4)18-14(19)9-22-13-7-6-12(17)8-11(13)3/h6-8,10,15H,5,9H2,1-4H3,(H,18,19)/t10-,15+/m0/s1. The van der Waals surface area contributed by atoms with Crippen LogP contribution < -0.4 is 10.1 Å². The van der Waals surface area contributed by atoms with Crippen LogP contribution in [-0.4, -0.2) is 31.6 Å². The molecule has 0 aliphatic rings. The van der Waals surface area contributed by atoms with Gasteiger partial charge in [-0.25, -0.2) is 4.79 Å². The molecule has 5 nitrogen and oxygen atoms in total. The molecule has 0 radical (unpaired) electrons. The molecule has 6 heteroatoms. The van der Waals surface area contributed by atoms with Gasteiger partial charge in [0.1, 0.15) is 11.8 Å². The number of nitrogens with one attached hydrogen (secondary N) is 1. The van der Waals surface area contributed by atoms with Gasteiger partial charge in [0.15, 0.2) is 6.61 Å². The first-order valence-electron chi connectivity index (χ1n) is 7.15. The summed E-state index contributed by atoms with van der Waals surface area (Å²) in [7, 11) is 1.30. The van der Waals surface area contributed by atoms with Crippen molar-refractivity contribution < 1.29 is 19.1 Å². The van der Waals surface area contributed by atoms with Crippen LogP contribution in [0.4, 0.5) is 0 Å². The zero-order valence-electron chi connectivity index (χ0n) is 13.3. The van der Waals surface area contributed by atoms with Gasteiger partial charge in [0, 0.05) is 5.02 Å². The molecule has 122 valence electrons. The summed E-state index contributed by atoms with van der Waals surface area (Å²) >= 11 is 5.86. The zero-order chi connectivity index (χ0) is 16.7. The number of amides is 1. The van der Waals surface area contributed by atoms with Crippen LogP contribution in [0.2, 0.25) is 5.02 Å². The highest BCUT2D eigenvalue weighted by Crippen LogP contribution is 2.21. The average Bonchev–Trinajstić information content (AvgIpc) is 2.50. The van der Waals surface area contributed by atoms with E-state index in [9.17, 15) is 9.59 Å². The van der Waals surface area contributed by atoms with Gasteiger partial charge in [0.05, 0.1) is 7.11 Å². The number of carbonyl (C=O) groups is 2. The largest absolute Gasteiger partial charge is 0.484 e. The summed E-state index contributed by atoms with van der Waals surface area (Å²) in [5.74, 6) is -0.262. The van der Waals surface area contributed by atoms with Gasteiger partial charge < -0.3 is 14.8 Å². The van der Waals surface area contributed by atoms with E-state index >= 15 is 0 Å². The minimum Gasteiger partial charge on any atom is -0.484 e. The molecule has 0 fully saturated rings. The first-order chi connectivity index (χ1) is 10.4. The van der Waals surface area contributed by atoms with Gasteiger partial charge in [-0.05, 0) is 36.6 Å². The smallest absolute Gasteiger partial charge is 0.328 e. The summed E-state index contributed by atoms with van der Waals surface area (Å²) in [5, 5.41) is 3.26. The molecule has 0 aliphatic carbocycles. The molecular formula is C16H22ClNO4. The summed E-state index contributed by atoms with van der Waals surface area (Å²) < 4.78 is 10.2. The number of carbonyl (C=O) groups excluding carboxylic acids is 2. The van der Waals surface area contributed by atoms with Crippen LogP contribution in [0, 0.1) is 12.8 Å². The van der Waals surface area contributed by atoms with Crippen LogP contribution in [0.15, 0.2) is 18.2 Å². The van der Waals surface area contributed by atoms with E-state index < -0.39 is 12.0 Å². The normalized spacial score (nSPS) is 13.1. The maximum Gasteiger partial charge on any atom is 0.328 e. The van der Waals surface area contributed by atoms with Crippen molar-refractivity contribution in [3.05, 3.63) is 28.8 Å². The lowest BCUT2D eigenvalue weighted by Gasteiger charge is -2.22. The third kappa shape index (κ3) is 5.22. The van der Waals surface area contributed by atoms with Gasteiger partial charge in [-0.1, -0.05) is 31.9 Å². The van der Waals surface area contributed by atoms with Gasteiger partial charge >= 0.3 is 5.97 Å². The Morgan fingerprint density at radius 3 is 2.59 bits per heavy atom. The van der Waals surface area contributed by atoms with Crippen molar-refractivity contribution >= 4 is 23.5 Å². The van der Waals surface area contributed by atoms with Gasteiger partial charge in [-0.2, -0.15) is 0 Å². The van der Waals surface area contributed by atoms with Crippen molar-refractivity contribution in [2.24, 2.45) is 5.92 Å². The number of hydrogen-bond acceptors (Lipinski definition) is 4. The summed E-state index contributed by atoms with van der Waals surface area (Å²) in [6, 6.07) is 4.48. The van der Waals surface area contributed by atoms with E-state index in [1.54, 1.807) is 18.2 Å². The molecule has 1 amide bonds. The van der Waals surface area contributed by atoms with Crippen molar-refractivity contribution in [2.45, 2.75) is 33.2 Å². The van der Waals surface area contributed by atoms with Gasteiger partial charge in [0.2, 0.25) is 0 Å². The van der Waals surface area contributed by atoms with E-state index in [0.29, 0.717) is 10.8 Å². The molecule has 1 rings (SSSR count). The van der Waals surface area contributed by atoms with Crippen molar-refractivity contribution in [1.29, 1.82) is 0 Å². The van der Waals surface area contributed by atoms with E-state index in [-0.39, 0.29) is 18.4 Å². The summed E-state index contributed by atoms with van der Waals surface area (Å²) in [4.78, 5) is 23.7. The Labute approximate surface area is 135 Å². The van der Waals surface area contributed by atoms with Crippen LogP contribution in [-0.2, 0) is 14.3 Å². The molecule has 2 atom stereocenters. The minimum atomic E-state index is -0.669. The second-order valence-electron chi connectivity index (χ2n) is 5.15. The molecule has 0 saturated heterocycles. The third-order valence-corrected chi connectivity index (χ3v) is 3.72. The predicted molar refractivity (Wildman–Crippen MR) is 85.1 cm³/mol. The highest BCUT2D eigenvalue weighted by Gasteiger charge is 2.26. The fourth-order valence-corrected chi connectivity index (χ4v) is 2.16. The lowest BCUT2D eigenvalue weighted by Crippen LogP contribution is -2.47. The van der Waals surface area contributed by atoms with Crippen LogP contribution in [0.1, 0.15) is 25.8 Å². The topological polar surface area (TPSA) is 64.6 Å². The Morgan fingerprint density at radius 1 is 1.36 bits per heavy atom. The Kier molecular flexibility index (Phi) is 7.18. The first kappa shape index (κ1) is 18.3. The molecule has 0 aromatic heterocycles. The molecule has 0 unspecified atom stereocenters. The molecular weight excluding hydrogens is 306 g/mol. The highest BCUT2D eigenvalue weighted by atomic mass is 35.5. The van der Waals surface area contributed by atoms with Crippen molar-refractivity contribution in [3.8, 4) is 5.75 Å². The Morgan fingerprint density at radius 2 is 2.05 bits per heavy atom. The zero-order valence-corrected chi connectivity index (χ0v) is 14.1. The second-order valence-corrected chi connectivity index (χ2v) is 5.59. The molecule has 0 aliphatic heterocycles. The van der Waals surface area contributed by atoms with Crippen LogP contribution >= 0.6 is 11.6 Å². The van der Waals surface area contributed by atoms with Gasteiger partial charge in [-0.3, -0.25) is 4.79 Å². The highest BCUT2D eigenvalue weighted by molar-refractivity contribution is 6.30. The summed E-state index contributed by atoms with van der Waals surface area (Å²) in [6.07, 6.45) is 0.747. The molecule has 0 heterocycles. The maximum atomic E-state index is 12.0. The Balaban J connectivity index is 2.62. The third-order valence-electron chi connectivity index (χ3n) is 3.48. The lowest BCUT2D eigenvalue weighted by molar-refractivity contribution is -0.146. The van der Waals surface area contributed by atoms with Crippen LogP contribution in [0.3, 0.4) is 0 Å². The summed E-state index contributed by atoms with van der Waals surface area (Å²) in [5.41, 5.74) is 0.840. The Hall–Kier alpha value is -1.75. The second kappa shape index (κ2) is 8.63. The fourth-order valence-electron chi connectivity index (χ4n) is 1.93. The number of methoxy groups -OCH3 is 1. The molecule has 1 aromatic carbocycles. The lowest BCUT2D eigenvalue weighted by atomic mass is 9.99. The number of benzene rings is 1. The molecule has 1 N–H and O–H groups in total. The van der Waals surface area contributed by atoms with Crippen molar-refractivity contribution in [1.82, 2.24) is 5.32 Å². The quantitative estimate of drug-likeness (QED) is 0.782. The summed E-state index contributed by atoms with van der Waals surface area (Å²) in [6.45, 7) is 5.49. The van der Waals surface area contributed by atoms with Gasteiger partial charge in [-0.15, -0.1) is 0 Å². The number of esters is 1. The monoisotopic (exact) mass is 327 g/mol. The molecule has 0 spiro atoms. The van der Waals surface area contributed by atoms with E-state index in [4.69, 9.17) is 21.1 Å². The van der Waals surface area contributed by atoms with Gasteiger partial charge in [0.25, 0.3) is 5.91 Å². The average molecular weight is 328 g/mol. The number of halogens is 1.